The second-order valence-corrected chi connectivity index (χ2v) is 3.94. The minimum absolute atomic E-state index is 0.826. The molecule has 0 unspecified atom stereocenters. The molecule has 2 N–H and O–H groups in total. The zero-order valence-corrected chi connectivity index (χ0v) is 9.87. The second-order valence-electron chi connectivity index (χ2n) is 3.94. The van der Waals surface area contributed by atoms with E-state index in [1.807, 2.05) is 24.3 Å². The molecular formula is C15H19N. The molecule has 0 bridgehead atoms. The highest BCUT2D eigenvalue weighted by molar-refractivity contribution is 5.44. The molecule has 0 amide bonds. The Morgan fingerprint density at radius 1 is 1.44 bits per heavy atom. The predicted octanol–water partition coefficient (Wildman–Crippen LogP) is 3.81. The van der Waals surface area contributed by atoms with Gasteiger partial charge in [-0.15, -0.1) is 0 Å². The Kier molecular flexibility index (Phi) is 4.59. The lowest BCUT2D eigenvalue weighted by molar-refractivity contribution is 0.958. The monoisotopic (exact) mass is 213 g/mol. The first-order chi connectivity index (χ1) is 7.63. The number of allylic oxidation sites excluding steroid dienone is 4. The van der Waals surface area contributed by atoms with Gasteiger partial charge in [-0.05, 0) is 43.0 Å². The largest absolute Gasteiger partial charge is 0.399 e. The van der Waals surface area contributed by atoms with Crippen molar-refractivity contribution in [3.63, 3.8) is 0 Å². The van der Waals surface area contributed by atoms with Crippen LogP contribution in [0.1, 0.15) is 17.5 Å². The molecule has 1 nitrogen and oxygen atoms in total. The standard InChI is InChI=1S/C15H19N/c1-4-5-6-12(2)7-8-14-9-10-15(16)11-13(14)3/h4-6,9-11H,1-2,7-8,16H2,3H3/b6-5-. The van der Waals surface area contributed by atoms with E-state index in [9.17, 15) is 0 Å². The molecule has 0 aromatic heterocycles. The number of aryl methyl sites for hydroxylation is 2. The third kappa shape index (κ3) is 3.77. The van der Waals surface area contributed by atoms with Crippen LogP contribution in [0.5, 0.6) is 0 Å². The average molecular weight is 213 g/mol. The van der Waals surface area contributed by atoms with Crippen molar-refractivity contribution >= 4 is 5.69 Å². The van der Waals surface area contributed by atoms with E-state index in [0.717, 1.165) is 24.1 Å². The highest BCUT2D eigenvalue weighted by Crippen LogP contribution is 2.16. The molecule has 1 heteroatoms. The third-order valence-electron chi connectivity index (χ3n) is 2.55. The summed E-state index contributed by atoms with van der Waals surface area (Å²) in [6, 6.07) is 6.05. The van der Waals surface area contributed by atoms with Gasteiger partial charge in [-0.25, -0.2) is 0 Å². The Hall–Kier alpha value is -1.76. The van der Waals surface area contributed by atoms with Gasteiger partial charge in [0.15, 0.2) is 0 Å². The molecule has 0 saturated carbocycles. The Labute approximate surface area is 98.0 Å². The second kappa shape index (κ2) is 5.96. The zero-order chi connectivity index (χ0) is 12.0. The summed E-state index contributed by atoms with van der Waals surface area (Å²) in [5.74, 6) is 0. The van der Waals surface area contributed by atoms with Gasteiger partial charge in [-0.1, -0.05) is 43.0 Å². The van der Waals surface area contributed by atoms with Crippen LogP contribution in [-0.4, -0.2) is 0 Å². The van der Waals surface area contributed by atoms with Crippen LogP contribution >= 0.6 is 0 Å². The van der Waals surface area contributed by atoms with E-state index in [0.29, 0.717) is 0 Å². The van der Waals surface area contributed by atoms with E-state index in [4.69, 9.17) is 5.73 Å². The van der Waals surface area contributed by atoms with E-state index in [2.05, 4.69) is 26.1 Å². The van der Waals surface area contributed by atoms with Crippen molar-refractivity contribution in [3.05, 3.63) is 66.3 Å². The molecule has 0 atom stereocenters. The minimum Gasteiger partial charge on any atom is -0.399 e. The van der Waals surface area contributed by atoms with Gasteiger partial charge in [0.05, 0.1) is 0 Å². The molecule has 1 aromatic carbocycles. The summed E-state index contributed by atoms with van der Waals surface area (Å²) < 4.78 is 0. The summed E-state index contributed by atoms with van der Waals surface area (Å²) >= 11 is 0. The lowest BCUT2D eigenvalue weighted by Crippen LogP contribution is -1.93. The molecule has 0 spiro atoms. The van der Waals surface area contributed by atoms with Crippen LogP contribution in [0.25, 0.3) is 0 Å². The first-order valence-electron chi connectivity index (χ1n) is 5.45. The summed E-state index contributed by atoms with van der Waals surface area (Å²) in [4.78, 5) is 0. The maximum absolute atomic E-state index is 5.71. The number of hydrogen-bond donors (Lipinski definition) is 1. The SMILES string of the molecule is C=C/C=C\C(=C)CCc1ccc(N)cc1C. The van der Waals surface area contributed by atoms with Crippen molar-refractivity contribution in [2.45, 2.75) is 19.8 Å². The number of benzene rings is 1. The highest BCUT2D eigenvalue weighted by Gasteiger charge is 1.99. The predicted molar refractivity (Wildman–Crippen MR) is 72.4 cm³/mol. The Morgan fingerprint density at radius 3 is 2.81 bits per heavy atom. The molecule has 0 heterocycles. The maximum Gasteiger partial charge on any atom is 0.0316 e. The third-order valence-corrected chi connectivity index (χ3v) is 2.55. The van der Waals surface area contributed by atoms with Gasteiger partial charge in [-0.3, -0.25) is 0 Å². The molecule has 0 aliphatic heterocycles. The van der Waals surface area contributed by atoms with Gasteiger partial charge in [0, 0.05) is 5.69 Å². The fourth-order valence-corrected chi connectivity index (χ4v) is 1.58. The maximum atomic E-state index is 5.71. The van der Waals surface area contributed by atoms with Gasteiger partial charge in [0.1, 0.15) is 0 Å². The van der Waals surface area contributed by atoms with E-state index < -0.39 is 0 Å². The molecule has 0 saturated heterocycles. The van der Waals surface area contributed by atoms with Gasteiger partial charge >= 0.3 is 0 Å². The number of rotatable bonds is 5. The molecule has 0 fully saturated rings. The molecule has 0 aliphatic rings. The lowest BCUT2D eigenvalue weighted by Gasteiger charge is -2.06. The fraction of sp³-hybridized carbons (Fsp3) is 0.200. The van der Waals surface area contributed by atoms with E-state index in [-0.39, 0.29) is 0 Å². The number of anilines is 1. The van der Waals surface area contributed by atoms with Crippen molar-refractivity contribution in [2.75, 3.05) is 5.73 Å². The summed E-state index contributed by atoms with van der Waals surface area (Å²) in [7, 11) is 0. The summed E-state index contributed by atoms with van der Waals surface area (Å²) in [5.41, 5.74) is 10.2. The van der Waals surface area contributed by atoms with Crippen molar-refractivity contribution in [1.82, 2.24) is 0 Å². The van der Waals surface area contributed by atoms with Crippen LogP contribution in [0.3, 0.4) is 0 Å². The molecule has 84 valence electrons. The number of hydrogen-bond acceptors (Lipinski definition) is 1. The Balaban J connectivity index is 2.58. The minimum atomic E-state index is 0.826. The molecule has 16 heavy (non-hydrogen) atoms. The Bertz CT molecular complexity index is 413. The fourth-order valence-electron chi connectivity index (χ4n) is 1.58. The van der Waals surface area contributed by atoms with E-state index in [1.165, 1.54) is 11.1 Å². The zero-order valence-electron chi connectivity index (χ0n) is 9.87. The number of nitrogens with two attached hydrogens (primary N) is 1. The van der Waals surface area contributed by atoms with Crippen LogP contribution in [-0.2, 0) is 6.42 Å². The smallest absolute Gasteiger partial charge is 0.0316 e. The first kappa shape index (κ1) is 12.3. The molecule has 0 radical (unpaired) electrons. The lowest BCUT2D eigenvalue weighted by atomic mass is 10.0. The molecular weight excluding hydrogens is 194 g/mol. The van der Waals surface area contributed by atoms with Gasteiger partial charge < -0.3 is 5.73 Å². The summed E-state index contributed by atoms with van der Waals surface area (Å²) in [6.07, 6.45) is 7.65. The van der Waals surface area contributed by atoms with Crippen LogP contribution in [0, 0.1) is 6.92 Å². The summed E-state index contributed by atoms with van der Waals surface area (Å²) in [5, 5.41) is 0. The van der Waals surface area contributed by atoms with Gasteiger partial charge in [-0.2, -0.15) is 0 Å². The quantitative estimate of drug-likeness (QED) is 0.584. The van der Waals surface area contributed by atoms with Crippen LogP contribution in [0.2, 0.25) is 0 Å². The molecule has 1 rings (SSSR count). The molecule has 1 aromatic rings. The van der Waals surface area contributed by atoms with Gasteiger partial charge in [0.25, 0.3) is 0 Å². The van der Waals surface area contributed by atoms with Crippen molar-refractivity contribution < 1.29 is 0 Å². The highest BCUT2D eigenvalue weighted by atomic mass is 14.5. The van der Waals surface area contributed by atoms with Crippen LogP contribution in [0.15, 0.2) is 55.2 Å². The average Bonchev–Trinajstić information content (AvgIpc) is 2.25. The van der Waals surface area contributed by atoms with E-state index >= 15 is 0 Å². The van der Waals surface area contributed by atoms with Gasteiger partial charge in [0.2, 0.25) is 0 Å². The summed E-state index contributed by atoms with van der Waals surface area (Å²) in [6.45, 7) is 9.72. The first-order valence-corrected chi connectivity index (χ1v) is 5.45. The Morgan fingerprint density at radius 2 is 2.19 bits per heavy atom. The van der Waals surface area contributed by atoms with E-state index in [1.54, 1.807) is 6.08 Å². The number of nitrogen functional groups attached to an aromatic ring is 1. The van der Waals surface area contributed by atoms with Crippen LogP contribution in [0.4, 0.5) is 5.69 Å². The normalized spacial score (nSPS) is 10.6. The molecule has 0 aliphatic carbocycles. The van der Waals surface area contributed by atoms with Crippen molar-refractivity contribution in [1.29, 1.82) is 0 Å². The van der Waals surface area contributed by atoms with Crippen LogP contribution < -0.4 is 5.73 Å². The van der Waals surface area contributed by atoms with Crippen molar-refractivity contribution in [2.24, 2.45) is 0 Å². The topological polar surface area (TPSA) is 26.0 Å². The van der Waals surface area contributed by atoms with Crippen molar-refractivity contribution in [3.8, 4) is 0 Å².